The maximum absolute atomic E-state index is 13.4. The monoisotopic (exact) mass is 594 g/mol. The number of aromatic nitrogens is 1. The van der Waals surface area contributed by atoms with Gasteiger partial charge in [-0.1, -0.05) is 6.07 Å². The number of hydrogen-bond acceptors (Lipinski definition) is 9. The first kappa shape index (κ1) is 31.7. The highest BCUT2D eigenvalue weighted by atomic mass is 32.2. The number of nitrogens with one attached hydrogen (secondary N) is 2. The van der Waals surface area contributed by atoms with Crippen LogP contribution in [-0.4, -0.2) is 56.2 Å². The predicted octanol–water partition coefficient (Wildman–Crippen LogP) is 5.93. The second-order valence-electron chi connectivity index (χ2n) is 11.1. The molecule has 1 aromatic carbocycles. The fraction of sp³-hybridized carbons (Fsp3) is 0.556. The van der Waals surface area contributed by atoms with Crippen LogP contribution in [0.4, 0.5) is 15.3 Å². The van der Waals surface area contributed by atoms with Crippen LogP contribution in [0.3, 0.4) is 0 Å². The maximum Gasteiger partial charge on any atom is 0.433 e. The third kappa shape index (κ3) is 9.36. The topological polar surface area (TPSA) is 145 Å². The van der Waals surface area contributed by atoms with Gasteiger partial charge < -0.3 is 14.2 Å². The molecule has 2 N–H and O–H groups in total. The SMILES string of the molecule is CC(C)OC(=O)/N=C\C1CC[C@@H](c2ncc(-c3ccc(NC(=O)OC(C)C)cc3S(=O)(=O)NC(C)(C)C)s2)OC1. The minimum Gasteiger partial charge on any atom is -0.447 e. The molecule has 2 amide bonds. The molecule has 0 bridgehead atoms. The summed E-state index contributed by atoms with van der Waals surface area (Å²) in [6, 6.07) is 4.68. The van der Waals surface area contributed by atoms with Crippen LogP contribution >= 0.6 is 11.3 Å². The molecule has 1 aromatic heterocycles. The Morgan fingerprint density at radius 3 is 2.45 bits per heavy atom. The number of anilines is 1. The zero-order chi connectivity index (χ0) is 29.7. The molecular formula is C27H38N4O7S2. The first-order valence-corrected chi connectivity index (χ1v) is 15.4. The van der Waals surface area contributed by atoms with Crippen molar-refractivity contribution in [2.24, 2.45) is 10.9 Å². The Morgan fingerprint density at radius 1 is 1.15 bits per heavy atom. The zero-order valence-corrected chi connectivity index (χ0v) is 25.5. The van der Waals surface area contributed by atoms with Crippen molar-refractivity contribution in [3.05, 3.63) is 29.4 Å². The Hall–Kier alpha value is -2.87. The lowest BCUT2D eigenvalue weighted by molar-refractivity contribution is 0.000197. The highest BCUT2D eigenvalue weighted by molar-refractivity contribution is 7.89. The van der Waals surface area contributed by atoms with Crippen LogP contribution in [0.5, 0.6) is 0 Å². The lowest BCUT2D eigenvalue weighted by atomic mass is 10.00. The minimum absolute atomic E-state index is 0.00842. The second kappa shape index (κ2) is 13.2. The van der Waals surface area contributed by atoms with Gasteiger partial charge in [-0.25, -0.2) is 27.7 Å². The Balaban J connectivity index is 1.81. The van der Waals surface area contributed by atoms with E-state index < -0.39 is 27.7 Å². The van der Waals surface area contributed by atoms with Gasteiger partial charge in [0.1, 0.15) is 11.1 Å². The van der Waals surface area contributed by atoms with Gasteiger partial charge >= 0.3 is 12.2 Å². The number of sulfonamides is 1. The van der Waals surface area contributed by atoms with Crippen LogP contribution in [0.25, 0.3) is 10.4 Å². The number of nitrogens with zero attached hydrogens (tertiary/aromatic N) is 2. The first-order chi connectivity index (χ1) is 18.6. The van der Waals surface area contributed by atoms with Crippen molar-refractivity contribution in [2.75, 3.05) is 11.9 Å². The molecule has 11 nitrogen and oxygen atoms in total. The molecule has 0 saturated carbocycles. The molecule has 2 heterocycles. The number of amides is 2. The molecule has 1 fully saturated rings. The average molecular weight is 595 g/mol. The van der Waals surface area contributed by atoms with Crippen LogP contribution in [0.2, 0.25) is 0 Å². The lowest BCUT2D eigenvalue weighted by Crippen LogP contribution is -2.40. The molecule has 3 rings (SSSR count). The van der Waals surface area contributed by atoms with Crippen molar-refractivity contribution >= 4 is 45.4 Å². The molecule has 13 heteroatoms. The number of thiazole rings is 1. The summed E-state index contributed by atoms with van der Waals surface area (Å²) in [5.41, 5.74) is 0.0118. The van der Waals surface area contributed by atoms with Crippen LogP contribution in [-0.2, 0) is 24.2 Å². The molecule has 220 valence electrons. The smallest absolute Gasteiger partial charge is 0.433 e. The summed E-state index contributed by atoms with van der Waals surface area (Å²) in [6.07, 6.45) is 2.50. The molecular weight excluding hydrogens is 556 g/mol. The predicted molar refractivity (Wildman–Crippen MR) is 154 cm³/mol. The molecule has 0 radical (unpaired) electrons. The Bertz CT molecular complexity index is 1320. The van der Waals surface area contributed by atoms with Gasteiger partial charge in [0.15, 0.2) is 0 Å². The molecule has 1 unspecified atom stereocenters. The standard InChI is InChI=1S/C27H38N4O7S2/c1-16(2)37-25(32)29-13-18-8-11-21(36-15-18)24-28-14-22(39-24)20-10-9-19(30-26(33)38-17(3)4)12-23(20)40(34,35)31-27(5,6)7/h9-10,12-14,16-18,21,31H,8,11,15H2,1-7H3,(H,30,33)/b29-13-/t18?,21-/m0/s1. The molecule has 0 spiro atoms. The molecule has 1 saturated heterocycles. The maximum atomic E-state index is 13.4. The van der Waals surface area contributed by atoms with E-state index in [0.29, 0.717) is 23.5 Å². The van der Waals surface area contributed by atoms with E-state index in [4.69, 9.17) is 14.2 Å². The van der Waals surface area contributed by atoms with Gasteiger partial charge in [0.2, 0.25) is 10.0 Å². The summed E-state index contributed by atoms with van der Waals surface area (Å²) >= 11 is 1.35. The lowest BCUT2D eigenvalue weighted by Gasteiger charge is -2.25. The fourth-order valence-corrected chi connectivity index (χ4v) is 6.66. The van der Waals surface area contributed by atoms with Gasteiger partial charge in [0, 0.05) is 35.1 Å². The van der Waals surface area contributed by atoms with Crippen molar-refractivity contribution in [3.63, 3.8) is 0 Å². The van der Waals surface area contributed by atoms with Crippen LogP contribution < -0.4 is 10.0 Å². The third-order valence-corrected chi connectivity index (χ3v) is 8.32. The van der Waals surface area contributed by atoms with Crippen molar-refractivity contribution < 1.29 is 32.2 Å². The summed E-state index contributed by atoms with van der Waals surface area (Å²) in [5.74, 6) is -0.0157. The van der Waals surface area contributed by atoms with Gasteiger partial charge in [0.05, 0.1) is 28.6 Å². The van der Waals surface area contributed by atoms with Gasteiger partial charge in [-0.15, -0.1) is 11.3 Å². The first-order valence-electron chi connectivity index (χ1n) is 13.1. The van der Waals surface area contributed by atoms with E-state index in [2.05, 4.69) is 20.0 Å². The summed E-state index contributed by atoms with van der Waals surface area (Å²) in [6.45, 7) is 12.6. The van der Waals surface area contributed by atoms with Crippen molar-refractivity contribution in [3.8, 4) is 10.4 Å². The van der Waals surface area contributed by atoms with Crippen LogP contribution in [0.15, 0.2) is 34.3 Å². The minimum atomic E-state index is -3.97. The van der Waals surface area contributed by atoms with E-state index in [-0.39, 0.29) is 34.8 Å². The molecule has 2 atom stereocenters. The largest absolute Gasteiger partial charge is 0.447 e. The summed E-state index contributed by atoms with van der Waals surface area (Å²) < 4.78 is 45.7. The summed E-state index contributed by atoms with van der Waals surface area (Å²) in [7, 11) is -3.97. The Kier molecular flexibility index (Phi) is 10.4. The van der Waals surface area contributed by atoms with Crippen LogP contribution in [0.1, 0.15) is 72.4 Å². The molecule has 1 aliphatic heterocycles. The molecule has 0 aliphatic carbocycles. The van der Waals surface area contributed by atoms with E-state index in [1.54, 1.807) is 73.0 Å². The van der Waals surface area contributed by atoms with Gasteiger partial charge in [-0.3, -0.25) is 5.32 Å². The molecule has 40 heavy (non-hydrogen) atoms. The van der Waals surface area contributed by atoms with E-state index in [1.165, 1.54) is 17.4 Å². The summed E-state index contributed by atoms with van der Waals surface area (Å²) in [5, 5.41) is 3.31. The number of ether oxygens (including phenoxy) is 3. The third-order valence-electron chi connectivity index (χ3n) is 5.40. The number of carbonyl (C=O) groups is 2. The van der Waals surface area contributed by atoms with E-state index in [0.717, 1.165) is 11.4 Å². The van der Waals surface area contributed by atoms with Gasteiger partial charge in [0.25, 0.3) is 0 Å². The zero-order valence-electron chi connectivity index (χ0n) is 23.9. The highest BCUT2D eigenvalue weighted by Gasteiger charge is 2.29. The number of benzene rings is 1. The van der Waals surface area contributed by atoms with Gasteiger partial charge in [-0.05, 0) is 73.4 Å². The number of hydrogen-bond donors (Lipinski definition) is 2. The quantitative estimate of drug-likeness (QED) is 0.358. The normalized spacial score (nSPS) is 18.3. The average Bonchev–Trinajstić information content (AvgIpc) is 3.31. The second-order valence-corrected chi connectivity index (χ2v) is 13.8. The van der Waals surface area contributed by atoms with Crippen molar-refractivity contribution in [1.82, 2.24) is 9.71 Å². The number of aliphatic imine (C=N–C) groups is 1. The van der Waals surface area contributed by atoms with Crippen LogP contribution in [0, 0.1) is 5.92 Å². The molecule has 1 aliphatic rings. The number of carbonyl (C=O) groups excluding carboxylic acids is 2. The van der Waals surface area contributed by atoms with Crippen molar-refractivity contribution in [1.29, 1.82) is 0 Å². The van der Waals surface area contributed by atoms with E-state index >= 15 is 0 Å². The Morgan fingerprint density at radius 2 is 1.85 bits per heavy atom. The van der Waals surface area contributed by atoms with Gasteiger partial charge in [-0.2, -0.15) is 4.99 Å². The van der Waals surface area contributed by atoms with E-state index in [9.17, 15) is 18.0 Å². The fourth-order valence-electron chi connectivity index (χ4n) is 3.89. The summed E-state index contributed by atoms with van der Waals surface area (Å²) in [4.78, 5) is 32.8. The highest BCUT2D eigenvalue weighted by Crippen LogP contribution is 2.38. The Labute approximate surface area is 239 Å². The van der Waals surface area contributed by atoms with Crippen molar-refractivity contribution in [2.45, 2.75) is 90.1 Å². The number of rotatable bonds is 8. The molecule has 2 aromatic rings. The van der Waals surface area contributed by atoms with E-state index in [1.807, 2.05) is 0 Å².